The van der Waals surface area contributed by atoms with E-state index >= 15 is 0 Å². The molecular formula is C34H44N4+2. The summed E-state index contributed by atoms with van der Waals surface area (Å²) in [6.07, 6.45) is 9.49. The van der Waals surface area contributed by atoms with Gasteiger partial charge in [-0.15, -0.1) is 0 Å². The number of rotatable bonds is 10. The van der Waals surface area contributed by atoms with Crippen molar-refractivity contribution in [2.24, 2.45) is 0 Å². The van der Waals surface area contributed by atoms with E-state index in [0.29, 0.717) is 0 Å². The average Bonchev–Trinajstić information content (AvgIpc) is 3.47. The van der Waals surface area contributed by atoms with E-state index < -0.39 is 0 Å². The van der Waals surface area contributed by atoms with Crippen molar-refractivity contribution in [2.45, 2.75) is 93.4 Å². The first-order chi connectivity index (χ1) is 18.4. The molecule has 5 rings (SSSR count). The van der Waals surface area contributed by atoms with Crippen LogP contribution in [0, 0.1) is 27.7 Å². The summed E-state index contributed by atoms with van der Waals surface area (Å²) in [6, 6.07) is 17.7. The number of fused-ring (bicyclic) bond motifs is 2. The summed E-state index contributed by atoms with van der Waals surface area (Å²) in [5, 5.41) is 0. The summed E-state index contributed by atoms with van der Waals surface area (Å²) in [5.41, 5.74) is 13.9. The van der Waals surface area contributed by atoms with Crippen LogP contribution in [0.5, 0.6) is 0 Å². The summed E-state index contributed by atoms with van der Waals surface area (Å²) in [6.45, 7) is 17.8. The molecule has 0 aliphatic heterocycles. The Morgan fingerprint density at radius 2 is 0.921 bits per heavy atom. The molecule has 0 radical (unpaired) electrons. The van der Waals surface area contributed by atoms with E-state index in [1.165, 1.54) is 81.1 Å². The lowest BCUT2D eigenvalue weighted by atomic mass is 9.88. The van der Waals surface area contributed by atoms with Crippen LogP contribution >= 0.6 is 0 Å². The number of unbranched alkanes of at least 4 members (excludes halogenated alkanes) is 2. The smallest absolute Gasteiger partial charge is 0.230 e. The van der Waals surface area contributed by atoms with E-state index in [9.17, 15) is 0 Å². The fraction of sp³-hybridized carbons (Fsp3) is 0.412. The number of aromatic nitrogens is 4. The highest BCUT2D eigenvalue weighted by Gasteiger charge is 2.22. The molecule has 0 N–H and O–H groups in total. The zero-order valence-electron chi connectivity index (χ0n) is 24.2. The number of para-hydroxylation sites is 4. The minimum Gasteiger partial charge on any atom is -0.230 e. The molecule has 198 valence electrons. The van der Waals surface area contributed by atoms with Gasteiger partial charge in [-0.1, -0.05) is 51.0 Å². The maximum absolute atomic E-state index is 2.45. The Bertz CT molecular complexity index is 1440. The van der Waals surface area contributed by atoms with Gasteiger partial charge in [0.15, 0.2) is 22.1 Å². The highest BCUT2D eigenvalue weighted by Crippen LogP contribution is 2.28. The predicted octanol–water partition coefficient (Wildman–Crippen LogP) is 7.10. The maximum Gasteiger partial charge on any atom is 0.245 e. The molecule has 5 aromatic rings. The molecule has 2 aromatic heterocycles. The Morgan fingerprint density at radius 3 is 1.29 bits per heavy atom. The Morgan fingerprint density at radius 1 is 0.553 bits per heavy atom. The van der Waals surface area contributed by atoms with Crippen molar-refractivity contribution < 1.29 is 9.13 Å². The van der Waals surface area contributed by atoms with Crippen LogP contribution in [0.4, 0.5) is 0 Å². The number of imidazole rings is 2. The maximum atomic E-state index is 2.45. The number of benzene rings is 3. The highest BCUT2D eigenvalue weighted by molar-refractivity contribution is 5.72. The Balaban J connectivity index is 1.53. The largest absolute Gasteiger partial charge is 0.245 e. The first kappa shape index (κ1) is 26.2. The molecule has 0 amide bonds. The van der Waals surface area contributed by atoms with Crippen LogP contribution in [0.25, 0.3) is 22.1 Å². The van der Waals surface area contributed by atoms with Crippen molar-refractivity contribution in [2.75, 3.05) is 0 Å². The molecule has 3 aromatic carbocycles. The molecule has 0 bridgehead atoms. The first-order valence-corrected chi connectivity index (χ1v) is 14.5. The molecule has 0 atom stereocenters. The molecule has 0 saturated carbocycles. The number of hydrogen-bond acceptors (Lipinski definition) is 0. The topological polar surface area (TPSA) is 17.6 Å². The van der Waals surface area contributed by atoms with Crippen molar-refractivity contribution in [3.63, 3.8) is 0 Å². The van der Waals surface area contributed by atoms with E-state index in [1.807, 2.05) is 0 Å². The Kier molecular flexibility index (Phi) is 7.69. The summed E-state index contributed by atoms with van der Waals surface area (Å²) in [4.78, 5) is 0. The van der Waals surface area contributed by atoms with Gasteiger partial charge in [-0.3, -0.25) is 0 Å². The summed E-state index contributed by atoms with van der Waals surface area (Å²) in [7, 11) is 0. The van der Waals surface area contributed by atoms with Gasteiger partial charge >= 0.3 is 0 Å². The molecule has 0 spiro atoms. The minimum absolute atomic E-state index is 0.905. The lowest BCUT2D eigenvalue weighted by molar-refractivity contribution is -0.664. The molecule has 0 aliphatic carbocycles. The molecule has 2 heterocycles. The van der Waals surface area contributed by atoms with Crippen molar-refractivity contribution in [1.82, 2.24) is 9.13 Å². The Labute approximate surface area is 228 Å². The number of hydrogen-bond donors (Lipinski definition) is 0. The molecule has 0 saturated heterocycles. The monoisotopic (exact) mass is 508 g/mol. The van der Waals surface area contributed by atoms with Crippen molar-refractivity contribution in [3.05, 3.63) is 94.6 Å². The van der Waals surface area contributed by atoms with E-state index in [1.54, 1.807) is 0 Å². The lowest BCUT2D eigenvalue weighted by Crippen LogP contribution is -2.35. The Hall–Kier alpha value is -3.40. The number of nitrogens with zero attached hydrogens (tertiary/aromatic N) is 4. The first-order valence-electron chi connectivity index (χ1n) is 14.5. The van der Waals surface area contributed by atoms with Gasteiger partial charge in [0.1, 0.15) is 13.1 Å². The van der Waals surface area contributed by atoms with Crippen LogP contribution in [-0.4, -0.2) is 9.13 Å². The standard InChI is InChI=1S/C34H44N4/c1-7-9-19-35-23-37(33-17-13-11-15-31(33)35)21-29-25(3)27(5)30(28(6)26(29)4)22-38-24-36(20-10-8-2)32-16-12-14-18-34(32)38/h11-18,23-24H,7-10,19-22H2,1-6H3/q+2. The predicted molar refractivity (Wildman–Crippen MR) is 158 cm³/mol. The van der Waals surface area contributed by atoms with Gasteiger partial charge in [-0.25, -0.2) is 18.3 Å². The summed E-state index contributed by atoms with van der Waals surface area (Å²) in [5.74, 6) is 0. The van der Waals surface area contributed by atoms with Crippen LogP contribution in [0.2, 0.25) is 0 Å². The quantitative estimate of drug-likeness (QED) is 0.179. The molecular weight excluding hydrogens is 464 g/mol. The SMILES string of the molecule is CCCCn1c[n+](Cc2c(C)c(C)c(C[n+]3cn(CCCC)c4ccccc43)c(C)c2C)c2ccccc21. The van der Waals surface area contributed by atoms with Crippen LogP contribution < -0.4 is 9.13 Å². The van der Waals surface area contributed by atoms with Crippen molar-refractivity contribution in [3.8, 4) is 0 Å². The highest BCUT2D eigenvalue weighted by atomic mass is 15.1. The third-order valence-corrected chi connectivity index (χ3v) is 8.66. The molecule has 38 heavy (non-hydrogen) atoms. The van der Waals surface area contributed by atoms with Gasteiger partial charge in [-0.05, 0) is 98.2 Å². The van der Waals surface area contributed by atoms with Crippen LogP contribution in [0.15, 0.2) is 61.2 Å². The van der Waals surface area contributed by atoms with Gasteiger partial charge in [0.25, 0.3) is 0 Å². The summed E-state index contributed by atoms with van der Waals surface area (Å²) < 4.78 is 9.77. The van der Waals surface area contributed by atoms with E-state index in [-0.39, 0.29) is 0 Å². The molecule has 0 fully saturated rings. The van der Waals surface area contributed by atoms with E-state index in [4.69, 9.17) is 0 Å². The molecule has 0 unspecified atom stereocenters. The van der Waals surface area contributed by atoms with Gasteiger partial charge in [0, 0.05) is 0 Å². The second kappa shape index (κ2) is 11.1. The normalized spacial score (nSPS) is 11.7. The zero-order chi connectivity index (χ0) is 26.8. The fourth-order valence-electron chi connectivity index (χ4n) is 6.03. The number of aryl methyl sites for hydroxylation is 2. The molecule has 4 nitrogen and oxygen atoms in total. The third kappa shape index (κ3) is 4.77. The second-order valence-electron chi connectivity index (χ2n) is 11.0. The van der Waals surface area contributed by atoms with Gasteiger partial charge in [0.05, 0.1) is 13.1 Å². The minimum atomic E-state index is 0.905. The lowest BCUT2D eigenvalue weighted by Gasteiger charge is -2.19. The molecule has 0 aliphatic rings. The third-order valence-electron chi connectivity index (χ3n) is 8.66. The van der Waals surface area contributed by atoms with Gasteiger partial charge in [0.2, 0.25) is 12.7 Å². The van der Waals surface area contributed by atoms with Gasteiger partial charge in [-0.2, -0.15) is 0 Å². The van der Waals surface area contributed by atoms with Crippen LogP contribution in [-0.2, 0) is 26.2 Å². The van der Waals surface area contributed by atoms with Gasteiger partial charge < -0.3 is 0 Å². The zero-order valence-corrected chi connectivity index (χ0v) is 24.2. The van der Waals surface area contributed by atoms with E-state index in [0.717, 1.165) is 26.2 Å². The fourth-order valence-corrected chi connectivity index (χ4v) is 6.03. The van der Waals surface area contributed by atoms with Crippen LogP contribution in [0.1, 0.15) is 72.9 Å². The van der Waals surface area contributed by atoms with Crippen LogP contribution in [0.3, 0.4) is 0 Å². The second-order valence-corrected chi connectivity index (χ2v) is 11.0. The average molecular weight is 509 g/mol. The van der Waals surface area contributed by atoms with E-state index in [2.05, 4.69) is 121 Å². The summed E-state index contributed by atoms with van der Waals surface area (Å²) >= 11 is 0. The molecule has 4 heteroatoms. The van der Waals surface area contributed by atoms with Crippen molar-refractivity contribution in [1.29, 1.82) is 0 Å². The van der Waals surface area contributed by atoms with Crippen molar-refractivity contribution >= 4 is 22.1 Å².